The van der Waals surface area contributed by atoms with Crippen molar-refractivity contribution in [2.45, 2.75) is 49.6 Å². The second-order valence-electron chi connectivity index (χ2n) is 9.47. The molecule has 0 heterocycles. The predicted molar refractivity (Wildman–Crippen MR) is 122 cm³/mol. The predicted octanol–water partition coefficient (Wildman–Crippen LogP) is 4.01. The Morgan fingerprint density at radius 3 is 2.09 bits per heavy atom. The van der Waals surface area contributed by atoms with Gasteiger partial charge in [0.25, 0.3) is 5.91 Å². The lowest BCUT2D eigenvalue weighted by atomic mass is 9.98. The first-order valence-corrected chi connectivity index (χ1v) is 11.8. The fraction of sp³-hybridized carbons (Fsp3) is 0.423. The van der Waals surface area contributed by atoms with Gasteiger partial charge in [-0.25, -0.2) is 4.79 Å². The number of aliphatic carboxylic acids is 1. The highest BCUT2D eigenvalue weighted by molar-refractivity contribution is 5.88. The van der Waals surface area contributed by atoms with E-state index in [2.05, 4.69) is 5.32 Å². The molecule has 0 spiro atoms. The Morgan fingerprint density at radius 1 is 1.00 bits per heavy atom. The zero-order valence-corrected chi connectivity index (χ0v) is 19.0. The number of hydrogen-bond acceptors (Lipinski definition) is 4. The van der Waals surface area contributed by atoms with E-state index < -0.39 is 48.4 Å². The number of rotatable bonds is 9. The molecule has 5 rings (SSSR count). The minimum Gasteiger partial charge on any atom is -0.480 e. The van der Waals surface area contributed by atoms with Crippen LogP contribution >= 0.6 is 0 Å². The van der Waals surface area contributed by atoms with E-state index >= 15 is 8.78 Å². The van der Waals surface area contributed by atoms with Crippen LogP contribution in [0.3, 0.4) is 0 Å². The first-order chi connectivity index (χ1) is 16.8. The lowest BCUT2D eigenvalue weighted by Gasteiger charge is -2.31. The smallest absolute Gasteiger partial charge is 0.407 e. The number of benzene rings is 2. The summed E-state index contributed by atoms with van der Waals surface area (Å²) in [6.07, 6.45) is 0.845. The Hall–Kier alpha value is -3.49. The van der Waals surface area contributed by atoms with Gasteiger partial charge in [-0.1, -0.05) is 48.5 Å². The van der Waals surface area contributed by atoms with Gasteiger partial charge in [0.2, 0.25) is 0 Å². The van der Waals surface area contributed by atoms with Crippen LogP contribution in [0.4, 0.5) is 13.6 Å². The number of nitrogens with one attached hydrogen (secondary N) is 1. The number of carbonyl (C=O) groups is 3. The maximum Gasteiger partial charge on any atom is 0.407 e. The lowest BCUT2D eigenvalue weighted by molar-refractivity contribution is -0.166. The molecule has 2 aromatic carbocycles. The second-order valence-corrected chi connectivity index (χ2v) is 9.47. The Kier molecular flexibility index (Phi) is 5.94. The first kappa shape index (κ1) is 23.3. The highest BCUT2D eigenvalue weighted by Gasteiger charge is 2.57. The van der Waals surface area contributed by atoms with Crippen molar-refractivity contribution in [3.63, 3.8) is 0 Å². The van der Waals surface area contributed by atoms with Crippen molar-refractivity contribution in [3.05, 3.63) is 59.7 Å². The number of fused-ring (bicyclic) bond motifs is 3. The summed E-state index contributed by atoms with van der Waals surface area (Å²) in [5, 5.41) is 11.3. The fourth-order valence-corrected chi connectivity index (χ4v) is 4.92. The molecule has 2 fully saturated rings. The molecule has 7 nitrogen and oxygen atoms in total. The molecule has 184 valence electrons. The number of halogens is 2. The molecule has 1 atom stereocenters. The number of alkyl halides is 2. The molecule has 2 amide bonds. The molecule has 3 aliphatic rings. The zero-order valence-electron chi connectivity index (χ0n) is 19.0. The van der Waals surface area contributed by atoms with Crippen molar-refractivity contribution in [3.8, 4) is 11.1 Å². The molecule has 2 N–H and O–H groups in total. The molecule has 3 aliphatic carbocycles. The van der Waals surface area contributed by atoms with Crippen LogP contribution in [0.2, 0.25) is 0 Å². The van der Waals surface area contributed by atoms with Crippen LogP contribution in [-0.4, -0.2) is 59.1 Å². The normalized spacial score (nSPS) is 17.8. The van der Waals surface area contributed by atoms with Crippen LogP contribution < -0.4 is 5.32 Å². The third kappa shape index (κ3) is 4.59. The summed E-state index contributed by atoms with van der Waals surface area (Å²) < 4.78 is 36.0. The number of ether oxygens (including phenoxy) is 1. The standard InChI is InChI=1S/C26H26F2N2O5/c27-26(28,24(33)30(13-22(31)32)16-11-12-16)23(15-9-10-15)29-25(34)35-14-21-19-7-3-1-5-17(19)18-6-2-4-8-20(18)21/h1-8,15-16,21,23H,9-14H2,(H,29,34)(H,31,32). The van der Waals surface area contributed by atoms with Gasteiger partial charge >= 0.3 is 18.0 Å². The summed E-state index contributed by atoms with van der Waals surface area (Å²) in [7, 11) is 0. The summed E-state index contributed by atoms with van der Waals surface area (Å²) in [6.45, 7) is -0.828. The van der Waals surface area contributed by atoms with Crippen molar-refractivity contribution < 1.29 is 33.0 Å². The molecular formula is C26H26F2N2O5. The van der Waals surface area contributed by atoms with Crippen LogP contribution in [0.1, 0.15) is 42.7 Å². The molecule has 0 bridgehead atoms. The van der Waals surface area contributed by atoms with E-state index in [0.717, 1.165) is 27.2 Å². The number of carbonyl (C=O) groups excluding carboxylic acids is 2. The first-order valence-electron chi connectivity index (χ1n) is 11.8. The average Bonchev–Trinajstić information content (AvgIpc) is 3.76. The summed E-state index contributed by atoms with van der Waals surface area (Å²) in [4.78, 5) is 37.2. The Morgan fingerprint density at radius 2 is 1.57 bits per heavy atom. The van der Waals surface area contributed by atoms with E-state index in [9.17, 15) is 14.4 Å². The number of nitrogens with zero attached hydrogens (tertiary/aromatic N) is 1. The van der Waals surface area contributed by atoms with E-state index in [1.807, 2.05) is 48.5 Å². The van der Waals surface area contributed by atoms with E-state index in [1.54, 1.807) is 0 Å². The highest BCUT2D eigenvalue weighted by Crippen LogP contribution is 2.45. The van der Waals surface area contributed by atoms with Gasteiger partial charge in [0.1, 0.15) is 19.2 Å². The van der Waals surface area contributed by atoms with E-state index in [4.69, 9.17) is 9.84 Å². The van der Waals surface area contributed by atoms with Gasteiger partial charge in [-0.3, -0.25) is 9.59 Å². The van der Waals surface area contributed by atoms with Crippen LogP contribution in [0.25, 0.3) is 11.1 Å². The van der Waals surface area contributed by atoms with E-state index in [1.165, 1.54) is 0 Å². The number of hydrogen-bond donors (Lipinski definition) is 2. The summed E-state index contributed by atoms with van der Waals surface area (Å²) >= 11 is 0. The average molecular weight is 484 g/mol. The van der Waals surface area contributed by atoms with Crippen LogP contribution in [-0.2, 0) is 14.3 Å². The van der Waals surface area contributed by atoms with Crippen LogP contribution in [0.15, 0.2) is 48.5 Å². The minimum absolute atomic E-state index is 0.0377. The Labute approximate surface area is 201 Å². The van der Waals surface area contributed by atoms with Crippen molar-refractivity contribution in [2.75, 3.05) is 13.2 Å². The topological polar surface area (TPSA) is 95.9 Å². The van der Waals surface area contributed by atoms with Crippen molar-refractivity contribution in [1.29, 1.82) is 0 Å². The SMILES string of the molecule is O=C(O)CN(C(=O)C(F)(F)C(NC(=O)OCC1c2ccccc2-c2ccccc21)C1CC1)C1CC1. The van der Waals surface area contributed by atoms with Gasteiger partial charge in [-0.2, -0.15) is 8.78 Å². The molecular weight excluding hydrogens is 458 g/mol. The minimum atomic E-state index is -3.94. The van der Waals surface area contributed by atoms with Gasteiger partial charge in [-0.15, -0.1) is 0 Å². The number of carboxylic acids is 1. The number of alkyl carbamates (subject to hydrolysis) is 1. The molecule has 0 radical (unpaired) electrons. The van der Waals surface area contributed by atoms with Gasteiger partial charge in [0.05, 0.1) is 0 Å². The Bertz CT molecular complexity index is 1120. The van der Waals surface area contributed by atoms with E-state index in [0.29, 0.717) is 25.7 Å². The number of carboxylic acid groups (broad SMARTS) is 1. The van der Waals surface area contributed by atoms with Crippen molar-refractivity contribution in [1.82, 2.24) is 10.2 Å². The lowest BCUT2D eigenvalue weighted by Crippen LogP contribution is -2.58. The maximum atomic E-state index is 15.3. The van der Waals surface area contributed by atoms with Gasteiger partial charge in [0, 0.05) is 12.0 Å². The molecule has 0 saturated heterocycles. The highest BCUT2D eigenvalue weighted by atomic mass is 19.3. The third-order valence-corrected chi connectivity index (χ3v) is 6.94. The maximum absolute atomic E-state index is 15.3. The number of amides is 2. The summed E-state index contributed by atoms with van der Waals surface area (Å²) in [5.74, 6) is -7.65. The summed E-state index contributed by atoms with van der Waals surface area (Å²) in [6, 6.07) is 13.3. The van der Waals surface area contributed by atoms with Gasteiger partial charge in [-0.05, 0) is 53.9 Å². The molecule has 0 aromatic heterocycles. The van der Waals surface area contributed by atoms with E-state index in [-0.39, 0.29) is 12.5 Å². The van der Waals surface area contributed by atoms with Crippen molar-refractivity contribution >= 4 is 18.0 Å². The quantitative estimate of drug-likeness (QED) is 0.561. The molecule has 35 heavy (non-hydrogen) atoms. The molecule has 0 aliphatic heterocycles. The molecule has 2 saturated carbocycles. The van der Waals surface area contributed by atoms with Gasteiger partial charge < -0.3 is 20.1 Å². The molecule has 2 aromatic rings. The van der Waals surface area contributed by atoms with Crippen LogP contribution in [0, 0.1) is 5.92 Å². The Balaban J connectivity index is 1.28. The largest absolute Gasteiger partial charge is 0.480 e. The fourth-order valence-electron chi connectivity index (χ4n) is 4.92. The second kappa shape index (κ2) is 8.94. The van der Waals surface area contributed by atoms with Crippen molar-refractivity contribution in [2.24, 2.45) is 5.92 Å². The zero-order chi connectivity index (χ0) is 24.7. The molecule has 1 unspecified atom stereocenters. The van der Waals surface area contributed by atoms with Crippen LogP contribution in [0.5, 0.6) is 0 Å². The molecule has 9 heteroatoms. The third-order valence-electron chi connectivity index (χ3n) is 6.94. The summed E-state index contributed by atoms with van der Waals surface area (Å²) in [5.41, 5.74) is 4.08. The van der Waals surface area contributed by atoms with Gasteiger partial charge in [0.15, 0.2) is 0 Å². The monoisotopic (exact) mass is 484 g/mol.